The van der Waals surface area contributed by atoms with E-state index >= 15 is 0 Å². The van der Waals surface area contributed by atoms with Gasteiger partial charge in [0.05, 0.1) is 6.33 Å². The van der Waals surface area contributed by atoms with Gasteiger partial charge in [-0.15, -0.1) is 24.8 Å². The molecular formula is C30H36Cl2N8O. The number of imidazole rings is 1. The van der Waals surface area contributed by atoms with Gasteiger partial charge in [0.2, 0.25) is 5.95 Å². The van der Waals surface area contributed by atoms with Gasteiger partial charge in [0.1, 0.15) is 0 Å². The van der Waals surface area contributed by atoms with Crippen molar-refractivity contribution >= 4 is 65.0 Å². The molecule has 2 aromatic heterocycles. The van der Waals surface area contributed by atoms with Crippen molar-refractivity contribution in [2.75, 3.05) is 42.7 Å². The van der Waals surface area contributed by atoms with Crippen LogP contribution in [0.4, 0.5) is 23.1 Å². The molecule has 0 atom stereocenters. The second-order valence-corrected chi connectivity index (χ2v) is 10.0. The highest BCUT2D eigenvalue weighted by Gasteiger charge is 2.24. The minimum atomic E-state index is -0.373. The maximum atomic E-state index is 12.5. The van der Waals surface area contributed by atoms with Gasteiger partial charge < -0.3 is 25.0 Å². The van der Waals surface area contributed by atoms with Crippen molar-refractivity contribution in [2.45, 2.75) is 39.3 Å². The van der Waals surface area contributed by atoms with Crippen LogP contribution in [0.5, 0.6) is 0 Å². The average Bonchev–Trinajstić information content (AvgIpc) is 3.36. The van der Waals surface area contributed by atoms with E-state index < -0.39 is 0 Å². The van der Waals surface area contributed by atoms with Gasteiger partial charge in [0.25, 0.3) is 0 Å². The maximum Gasteiger partial charge on any atom is 0.300 e. The Balaban J connectivity index is 0.00000231. The zero-order valence-corrected chi connectivity index (χ0v) is 25.4. The second-order valence-electron chi connectivity index (χ2n) is 10.0. The highest BCUT2D eigenvalue weighted by molar-refractivity contribution is 6.04. The van der Waals surface area contributed by atoms with Gasteiger partial charge in [0.15, 0.2) is 17.0 Å². The summed E-state index contributed by atoms with van der Waals surface area (Å²) >= 11 is 0. The number of piperidine rings is 1. The molecule has 0 radical (unpaired) electrons. The molecule has 1 fully saturated rings. The topological polar surface area (TPSA) is 91.2 Å². The Kier molecular flexibility index (Phi) is 11.0. The lowest BCUT2D eigenvalue weighted by Crippen LogP contribution is -2.42. The highest BCUT2D eigenvalue weighted by atomic mass is 35.5. The Bertz CT molecular complexity index is 1530. The number of anilines is 4. The summed E-state index contributed by atoms with van der Waals surface area (Å²) in [5.74, 6) is 6.54. The zero-order chi connectivity index (χ0) is 27.4. The lowest BCUT2D eigenvalue weighted by atomic mass is 10.0. The molecule has 4 aromatic rings. The number of aryl methyl sites for hydroxylation is 2. The minimum Gasteiger partial charge on any atom is -0.341 e. The number of hydrogen-bond donors (Lipinski definition) is 2. The molecule has 1 saturated heterocycles. The molecule has 0 unspecified atom stereocenters. The van der Waals surface area contributed by atoms with Crippen molar-refractivity contribution in [1.82, 2.24) is 24.4 Å². The van der Waals surface area contributed by atoms with Crippen LogP contribution in [0.3, 0.4) is 0 Å². The SMILES string of the molecule is CCn1cnc2c(Nc3cccc(NC(=O)C#Cc4ccc(C)cc4)c3)nc(N3CCC(N(C)C)CC3)nc21.Cl.Cl. The lowest BCUT2D eigenvalue weighted by molar-refractivity contribution is -0.111. The third-order valence-corrected chi connectivity index (χ3v) is 7.03. The van der Waals surface area contributed by atoms with Gasteiger partial charge >= 0.3 is 5.91 Å². The standard InChI is InChI=1S/C30H34N8O.2ClH/c1-5-37-20-31-27-28(34-30(35-29(27)37)38-17-15-25(16-18-38)36(3)4)33-24-8-6-7-23(19-24)32-26(39)14-13-22-11-9-21(2)10-12-22;;/h6-12,19-20,25H,5,15-18H2,1-4H3,(H,32,39)(H,33,34,35);2*1H. The van der Waals surface area contributed by atoms with E-state index in [0.29, 0.717) is 29.0 Å². The van der Waals surface area contributed by atoms with Crippen molar-refractivity contribution in [3.8, 4) is 11.8 Å². The van der Waals surface area contributed by atoms with Gasteiger partial charge in [-0.3, -0.25) is 4.79 Å². The fourth-order valence-electron chi connectivity index (χ4n) is 4.71. The van der Waals surface area contributed by atoms with Gasteiger partial charge in [-0.1, -0.05) is 29.7 Å². The van der Waals surface area contributed by atoms with Crippen LogP contribution in [-0.4, -0.2) is 63.6 Å². The molecule has 216 valence electrons. The van der Waals surface area contributed by atoms with Crippen LogP contribution < -0.4 is 15.5 Å². The molecule has 1 aliphatic heterocycles. The molecule has 1 amide bonds. The third kappa shape index (κ3) is 7.67. The van der Waals surface area contributed by atoms with Crippen molar-refractivity contribution < 1.29 is 4.79 Å². The summed E-state index contributed by atoms with van der Waals surface area (Å²) in [6.45, 7) is 6.66. The fourth-order valence-corrected chi connectivity index (χ4v) is 4.71. The summed E-state index contributed by atoms with van der Waals surface area (Å²) < 4.78 is 2.03. The van der Waals surface area contributed by atoms with E-state index in [9.17, 15) is 4.79 Å². The number of benzene rings is 2. The van der Waals surface area contributed by atoms with Gasteiger partial charge in [0, 0.05) is 48.5 Å². The molecule has 9 nitrogen and oxygen atoms in total. The summed E-state index contributed by atoms with van der Waals surface area (Å²) in [7, 11) is 4.27. The summed E-state index contributed by atoms with van der Waals surface area (Å²) in [6, 6.07) is 15.8. The Morgan fingerprint density at radius 3 is 2.44 bits per heavy atom. The van der Waals surface area contributed by atoms with Gasteiger partial charge in [-0.05, 0) is 71.1 Å². The molecule has 41 heavy (non-hydrogen) atoms. The number of carbonyl (C=O) groups excluding carboxylic acids is 1. The van der Waals surface area contributed by atoms with Crippen LogP contribution >= 0.6 is 24.8 Å². The highest BCUT2D eigenvalue weighted by Crippen LogP contribution is 2.28. The van der Waals surface area contributed by atoms with Crippen LogP contribution in [0.2, 0.25) is 0 Å². The fraction of sp³-hybridized carbons (Fsp3) is 0.333. The molecule has 2 aromatic carbocycles. The Morgan fingerprint density at radius 2 is 1.76 bits per heavy atom. The first-order chi connectivity index (χ1) is 18.9. The van der Waals surface area contributed by atoms with Crippen LogP contribution in [0, 0.1) is 18.8 Å². The lowest BCUT2D eigenvalue weighted by Gasteiger charge is -2.35. The van der Waals surface area contributed by atoms with E-state index in [0.717, 1.165) is 54.9 Å². The monoisotopic (exact) mass is 594 g/mol. The zero-order valence-electron chi connectivity index (χ0n) is 23.7. The number of amides is 1. The number of halogens is 2. The van der Waals surface area contributed by atoms with E-state index in [2.05, 4.69) is 58.3 Å². The largest absolute Gasteiger partial charge is 0.341 e. The smallest absolute Gasteiger partial charge is 0.300 e. The number of carbonyl (C=O) groups is 1. The van der Waals surface area contributed by atoms with Gasteiger partial charge in [-0.25, -0.2) is 4.98 Å². The summed E-state index contributed by atoms with van der Waals surface area (Å²) in [5.41, 5.74) is 4.88. The first-order valence-corrected chi connectivity index (χ1v) is 13.3. The molecule has 2 N–H and O–H groups in total. The normalized spacial score (nSPS) is 13.1. The first kappa shape index (κ1) is 31.7. The molecule has 0 bridgehead atoms. The molecule has 11 heteroatoms. The quantitative estimate of drug-likeness (QED) is 0.294. The van der Waals surface area contributed by atoms with Crippen LogP contribution in [0.25, 0.3) is 11.2 Å². The molecule has 0 spiro atoms. The maximum absolute atomic E-state index is 12.5. The van der Waals surface area contributed by atoms with Crippen molar-refractivity contribution in [2.24, 2.45) is 0 Å². The first-order valence-electron chi connectivity index (χ1n) is 13.3. The van der Waals surface area contributed by atoms with E-state index in [1.165, 1.54) is 0 Å². The predicted molar refractivity (Wildman–Crippen MR) is 171 cm³/mol. The Labute approximate surface area is 253 Å². The summed E-state index contributed by atoms with van der Waals surface area (Å²) in [5, 5.41) is 6.28. The molecule has 0 aliphatic carbocycles. The van der Waals surface area contributed by atoms with E-state index in [1.54, 1.807) is 6.33 Å². The van der Waals surface area contributed by atoms with E-state index in [-0.39, 0.29) is 30.7 Å². The molecule has 0 saturated carbocycles. The van der Waals surface area contributed by atoms with Crippen molar-refractivity contribution in [3.63, 3.8) is 0 Å². The summed E-state index contributed by atoms with van der Waals surface area (Å²) in [6.07, 6.45) is 3.94. The van der Waals surface area contributed by atoms with Crippen LogP contribution in [0.15, 0.2) is 54.9 Å². The summed E-state index contributed by atoms with van der Waals surface area (Å²) in [4.78, 5) is 31.4. The molecule has 5 rings (SSSR count). The number of rotatable bonds is 6. The Hall–Kier alpha value is -3.84. The molecule has 3 heterocycles. The van der Waals surface area contributed by atoms with Crippen molar-refractivity contribution in [3.05, 3.63) is 66.0 Å². The minimum absolute atomic E-state index is 0. The van der Waals surface area contributed by atoms with Crippen LogP contribution in [0.1, 0.15) is 30.9 Å². The van der Waals surface area contributed by atoms with E-state index in [4.69, 9.17) is 9.97 Å². The van der Waals surface area contributed by atoms with Crippen LogP contribution in [-0.2, 0) is 11.3 Å². The van der Waals surface area contributed by atoms with E-state index in [1.807, 2.05) is 60.0 Å². The number of nitrogens with zero attached hydrogens (tertiary/aromatic N) is 6. The second kappa shape index (κ2) is 14.2. The average molecular weight is 596 g/mol. The number of fused-ring (bicyclic) bond motifs is 1. The molecular weight excluding hydrogens is 559 g/mol. The predicted octanol–water partition coefficient (Wildman–Crippen LogP) is 5.26. The number of hydrogen-bond acceptors (Lipinski definition) is 7. The Morgan fingerprint density at radius 1 is 1.05 bits per heavy atom. The molecule has 1 aliphatic rings. The third-order valence-electron chi connectivity index (χ3n) is 7.03. The van der Waals surface area contributed by atoms with Crippen molar-refractivity contribution in [1.29, 1.82) is 0 Å². The van der Waals surface area contributed by atoms with Gasteiger partial charge in [-0.2, -0.15) is 9.97 Å². The number of nitrogens with one attached hydrogen (secondary N) is 2. The number of aromatic nitrogens is 4.